The number of thiophene rings is 1. The van der Waals surface area contributed by atoms with Gasteiger partial charge in [0.15, 0.2) is 0 Å². The van der Waals surface area contributed by atoms with E-state index in [0.717, 1.165) is 26.2 Å². The van der Waals surface area contributed by atoms with Gasteiger partial charge in [0.25, 0.3) is 0 Å². The fraction of sp³-hybridized carbons (Fsp3) is 0.304. The van der Waals surface area contributed by atoms with Crippen molar-refractivity contribution in [2.24, 2.45) is 0 Å². The molecule has 1 unspecified atom stereocenters. The van der Waals surface area contributed by atoms with Crippen LogP contribution in [0.25, 0.3) is 11.1 Å². The lowest BCUT2D eigenvalue weighted by Gasteiger charge is -2.30. The van der Waals surface area contributed by atoms with Crippen molar-refractivity contribution in [2.75, 3.05) is 26.2 Å². The zero-order valence-corrected chi connectivity index (χ0v) is 16.1. The molecule has 0 bridgehead atoms. The Kier molecular flexibility index (Phi) is 5.49. The largest absolute Gasteiger partial charge is 0.315 e. The van der Waals surface area contributed by atoms with Gasteiger partial charge in [-0.05, 0) is 53.6 Å². The summed E-state index contributed by atoms with van der Waals surface area (Å²) in [4.78, 5) is 4.10. The summed E-state index contributed by atoms with van der Waals surface area (Å²) in [5.41, 5.74) is 5.33. The van der Waals surface area contributed by atoms with Gasteiger partial charge >= 0.3 is 0 Å². The first-order valence-electron chi connectivity index (χ1n) is 9.46. The number of benzene rings is 2. The summed E-state index contributed by atoms with van der Waals surface area (Å²) in [5.74, 6) is 0. The molecule has 2 heterocycles. The highest BCUT2D eigenvalue weighted by molar-refractivity contribution is 7.10. The van der Waals surface area contributed by atoms with Gasteiger partial charge in [-0.15, -0.1) is 11.3 Å². The number of hydrogen-bond acceptors (Lipinski definition) is 3. The van der Waals surface area contributed by atoms with E-state index in [9.17, 15) is 0 Å². The molecule has 0 amide bonds. The molecule has 1 atom stereocenters. The van der Waals surface area contributed by atoms with Gasteiger partial charge in [-0.1, -0.05) is 54.6 Å². The molecule has 26 heavy (non-hydrogen) atoms. The Bertz CT molecular complexity index is 815. The number of hydrogen-bond donors (Lipinski definition) is 1. The Morgan fingerprint density at radius 1 is 0.923 bits per heavy atom. The van der Waals surface area contributed by atoms with Gasteiger partial charge in [0.05, 0.1) is 6.04 Å². The topological polar surface area (TPSA) is 15.3 Å². The second-order valence-corrected chi connectivity index (χ2v) is 8.00. The Hall–Kier alpha value is -1.94. The molecule has 3 heteroatoms. The van der Waals surface area contributed by atoms with Gasteiger partial charge in [0.2, 0.25) is 0 Å². The first kappa shape index (κ1) is 17.5. The zero-order valence-electron chi connectivity index (χ0n) is 15.3. The van der Waals surface area contributed by atoms with Crippen LogP contribution in [-0.2, 0) is 0 Å². The van der Waals surface area contributed by atoms with Gasteiger partial charge in [-0.3, -0.25) is 4.90 Å². The van der Waals surface area contributed by atoms with Crippen molar-refractivity contribution in [1.82, 2.24) is 10.2 Å². The van der Waals surface area contributed by atoms with Crippen molar-refractivity contribution in [2.45, 2.75) is 19.4 Å². The molecule has 2 aromatic carbocycles. The van der Waals surface area contributed by atoms with Crippen LogP contribution in [0.2, 0.25) is 0 Å². The van der Waals surface area contributed by atoms with Crippen LogP contribution in [0.15, 0.2) is 66.0 Å². The first-order valence-corrected chi connectivity index (χ1v) is 10.3. The van der Waals surface area contributed by atoms with Crippen molar-refractivity contribution >= 4 is 11.3 Å². The van der Waals surface area contributed by atoms with Gasteiger partial charge in [-0.25, -0.2) is 0 Å². The van der Waals surface area contributed by atoms with Crippen molar-refractivity contribution < 1.29 is 0 Å². The highest BCUT2D eigenvalue weighted by Gasteiger charge is 2.24. The normalized spacial score (nSPS) is 17.0. The van der Waals surface area contributed by atoms with Crippen molar-refractivity contribution in [1.29, 1.82) is 0 Å². The summed E-state index contributed by atoms with van der Waals surface area (Å²) in [5, 5.41) is 5.81. The molecule has 0 spiro atoms. The van der Waals surface area contributed by atoms with Crippen LogP contribution >= 0.6 is 11.3 Å². The molecule has 0 radical (unpaired) electrons. The van der Waals surface area contributed by atoms with Gasteiger partial charge in [0.1, 0.15) is 0 Å². The van der Waals surface area contributed by atoms with E-state index in [-0.39, 0.29) is 0 Å². The van der Waals surface area contributed by atoms with Gasteiger partial charge in [0, 0.05) is 24.5 Å². The van der Waals surface area contributed by atoms with Crippen molar-refractivity contribution in [3.63, 3.8) is 0 Å². The van der Waals surface area contributed by atoms with Crippen LogP contribution in [0.1, 0.15) is 28.5 Å². The number of rotatable bonds is 4. The van der Waals surface area contributed by atoms with E-state index in [4.69, 9.17) is 0 Å². The third-order valence-corrected chi connectivity index (χ3v) is 6.20. The van der Waals surface area contributed by atoms with Gasteiger partial charge < -0.3 is 5.32 Å². The quantitative estimate of drug-likeness (QED) is 0.694. The summed E-state index contributed by atoms with van der Waals surface area (Å²) in [6.45, 7) is 6.64. The second kappa shape index (κ2) is 8.17. The van der Waals surface area contributed by atoms with Crippen molar-refractivity contribution in [3.05, 3.63) is 82.0 Å². The van der Waals surface area contributed by atoms with Crippen molar-refractivity contribution in [3.8, 4) is 11.1 Å². The van der Waals surface area contributed by atoms with E-state index in [1.165, 1.54) is 33.6 Å². The maximum atomic E-state index is 3.53. The molecule has 0 saturated carbocycles. The number of nitrogens with one attached hydrogen (secondary N) is 1. The standard InChI is InChI=1S/C23H26N2S/c1-18-16-22(26-17-18)23(25-14-5-12-24-13-15-25)21-10-8-20(9-11-21)19-6-3-2-4-7-19/h2-4,6-11,16-17,23-24H,5,12-15H2,1H3. The van der Waals surface area contributed by atoms with Crippen LogP contribution < -0.4 is 5.32 Å². The molecular formula is C23H26N2S. The summed E-state index contributed by atoms with van der Waals surface area (Å²) in [6, 6.07) is 22.5. The maximum absolute atomic E-state index is 3.53. The molecular weight excluding hydrogens is 336 g/mol. The predicted octanol–water partition coefficient (Wildman–Crippen LogP) is 5.11. The average Bonchev–Trinajstić information content (AvgIpc) is 2.93. The van der Waals surface area contributed by atoms with Gasteiger partial charge in [-0.2, -0.15) is 0 Å². The molecule has 3 aromatic rings. The van der Waals surface area contributed by atoms with E-state index in [2.05, 4.69) is 83.2 Å². The lowest BCUT2D eigenvalue weighted by molar-refractivity contribution is 0.244. The molecule has 0 aliphatic carbocycles. The van der Waals surface area contributed by atoms with Crippen LogP contribution in [0.3, 0.4) is 0 Å². The minimum atomic E-state index is 0.360. The minimum absolute atomic E-state index is 0.360. The third-order valence-electron chi connectivity index (χ3n) is 5.09. The molecule has 4 rings (SSSR count). The number of aryl methyl sites for hydroxylation is 1. The summed E-state index contributed by atoms with van der Waals surface area (Å²) < 4.78 is 0. The summed E-state index contributed by atoms with van der Waals surface area (Å²) >= 11 is 1.89. The zero-order chi connectivity index (χ0) is 17.8. The van der Waals surface area contributed by atoms with Crippen LogP contribution in [0.4, 0.5) is 0 Å². The first-order chi connectivity index (χ1) is 12.8. The van der Waals surface area contributed by atoms with Crippen LogP contribution in [-0.4, -0.2) is 31.1 Å². The Labute approximate surface area is 160 Å². The number of nitrogens with zero attached hydrogens (tertiary/aromatic N) is 1. The average molecular weight is 363 g/mol. The fourth-order valence-electron chi connectivity index (χ4n) is 3.77. The molecule has 1 aliphatic heterocycles. The van der Waals surface area contributed by atoms with E-state index < -0.39 is 0 Å². The molecule has 1 saturated heterocycles. The van der Waals surface area contributed by atoms with Crippen LogP contribution in [0, 0.1) is 6.92 Å². The fourth-order valence-corrected chi connectivity index (χ4v) is 4.82. The maximum Gasteiger partial charge on any atom is 0.0696 e. The second-order valence-electron chi connectivity index (χ2n) is 7.06. The summed E-state index contributed by atoms with van der Waals surface area (Å²) in [7, 11) is 0. The lowest BCUT2D eigenvalue weighted by atomic mass is 9.98. The highest BCUT2D eigenvalue weighted by Crippen LogP contribution is 2.34. The third kappa shape index (κ3) is 3.90. The van der Waals surface area contributed by atoms with E-state index in [1.807, 2.05) is 11.3 Å². The smallest absolute Gasteiger partial charge is 0.0696 e. The van der Waals surface area contributed by atoms with Crippen LogP contribution in [0.5, 0.6) is 0 Å². The molecule has 2 nitrogen and oxygen atoms in total. The molecule has 1 aliphatic rings. The van der Waals surface area contributed by atoms with E-state index >= 15 is 0 Å². The van der Waals surface area contributed by atoms with E-state index in [1.54, 1.807) is 0 Å². The molecule has 134 valence electrons. The molecule has 1 N–H and O–H groups in total. The van der Waals surface area contributed by atoms with E-state index in [0.29, 0.717) is 6.04 Å². The Morgan fingerprint density at radius 3 is 2.42 bits per heavy atom. The molecule has 1 aromatic heterocycles. The SMILES string of the molecule is Cc1csc(C(c2ccc(-c3ccccc3)cc2)N2CCCNCC2)c1. The Balaban J connectivity index is 1.67. The Morgan fingerprint density at radius 2 is 1.69 bits per heavy atom. The highest BCUT2D eigenvalue weighted by atomic mass is 32.1. The lowest BCUT2D eigenvalue weighted by Crippen LogP contribution is -2.32. The molecule has 1 fully saturated rings. The summed E-state index contributed by atoms with van der Waals surface area (Å²) in [6.07, 6.45) is 1.21. The predicted molar refractivity (Wildman–Crippen MR) is 112 cm³/mol. The monoisotopic (exact) mass is 362 g/mol. The minimum Gasteiger partial charge on any atom is -0.315 e.